The Hall–Kier alpha value is 0.220. The first-order chi connectivity index (χ1) is 11.5. The molecule has 0 bridgehead atoms. The minimum atomic E-state index is -3.18. The van der Waals surface area contributed by atoms with Crippen LogP contribution >= 0.6 is 35.7 Å². The second-order valence-electron chi connectivity index (χ2n) is 6.05. The smallest absolute Gasteiger partial charge is 0.215 e. The van der Waals surface area contributed by atoms with E-state index in [9.17, 15) is 8.42 Å². The van der Waals surface area contributed by atoms with E-state index in [1.165, 1.54) is 0 Å². The van der Waals surface area contributed by atoms with E-state index in [0.29, 0.717) is 44.7 Å². The van der Waals surface area contributed by atoms with Gasteiger partial charge in [0.25, 0.3) is 0 Å². The summed E-state index contributed by atoms with van der Waals surface area (Å²) in [4.78, 5) is 4.09. The second kappa shape index (κ2) is 14.3. The third-order valence-corrected chi connectivity index (χ3v) is 6.43. The van der Waals surface area contributed by atoms with Gasteiger partial charge in [0.2, 0.25) is 10.0 Å². The number of sulfonamides is 1. The Morgan fingerprint density at radius 1 is 1.20 bits per heavy atom. The van der Waals surface area contributed by atoms with Gasteiger partial charge in [0, 0.05) is 51.3 Å². The molecule has 2 N–H and O–H groups in total. The maximum Gasteiger partial charge on any atom is 0.215 e. The summed E-state index contributed by atoms with van der Waals surface area (Å²) >= 11 is 1.80. The van der Waals surface area contributed by atoms with Crippen molar-refractivity contribution in [3.8, 4) is 0 Å². The van der Waals surface area contributed by atoms with Crippen molar-refractivity contribution >= 4 is 51.7 Å². The minimum absolute atomic E-state index is 0. The fourth-order valence-electron chi connectivity index (χ4n) is 2.14. The lowest BCUT2D eigenvalue weighted by atomic mass is 10.1. The predicted molar refractivity (Wildman–Crippen MR) is 118 cm³/mol. The number of rotatable bonds is 10. The highest BCUT2D eigenvalue weighted by Crippen LogP contribution is 2.12. The lowest BCUT2D eigenvalue weighted by Gasteiger charge is -2.25. The van der Waals surface area contributed by atoms with Crippen molar-refractivity contribution in [2.45, 2.75) is 20.3 Å². The zero-order chi connectivity index (χ0) is 17.8. The van der Waals surface area contributed by atoms with Gasteiger partial charge in [0.1, 0.15) is 0 Å². The lowest BCUT2D eigenvalue weighted by Crippen LogP contribution is -2.44. The van der Waals surface area contributed by atoms with E-state index in [0.717, 1.165) is 24.5 Å². The molecule has 0 atom stereocenters. The Labute approximate surface area is 174 Å². The van der Waals surface area contributed by atoms with Crippen LogP contribution in [-0.4, -0.2) is 82.4 Å². The summed E-state index contributed by atoms with van der Waals surface area (Å²) in [6.45, 7) is 7.94. The van der Waals surface area contributed by atoms with E-state index in [-0.39, 0.29) is 29.7 Å². The van der Waals surface area contributed by atoms with E-state index in [1.54, 1.807) is 23.1 Å². The Bertz CT molecular complexity index is 469. The number of halogens is 1. The first-order valence-electron chi connectivity index (χ1n) is 8.53. The van der Waals surface area contributed by atoms with Crippen LogP contribution in [0.4, 0.5) is 0 Å². The van der Waals surface area contributed by atoms with Crippen molar-refractivity contribution in [3.63, 3.8) is 0 Å². The molecule has 1 aliphatic heterocycles. The summed E-state index contributed by atoms with van der Waals surface area (Å²) in [6.07, 6.45) is 1.06. The summed E-state index contributed by atoms with van der Waals surface area (Å²) in [5.74, 6) is 3.10. The van der Waals surface area contributed by atoms with Crippen molar-refractivity contribution in [2.75, 3.05) is 63.7 Å². The van der Waals surface area contributed by atoms with Crippen molar-refractivity contribution < 1.29 is 13.2 Å². The molecule has 0 radical (unpaired) electrons. The van der Waals surface area contributed by atoms with Gasteiger partial charge in [-0.25, -0.2) is 12.7 Å². The van der Waals surface area contributed by atoms with Gasteiger partial charge in [-0.3, -0.25) is 4.99 Å². The van der Waals surface area contributed by atoms with Crippen LogP contribution in [0.2, 0.25) is 0 Å². The molecule has 10 heteroatoms. The first-order valence-corrected chi connectivity index (χ1v) is 11.3. The highest BCUT2D eigenvalue weighted by atomic mass is 127. The quantitative estimate of drug-likeness (QED) is 0.200. The molecule has 150 valence electrons. The third kappa shape index (κ3) is 11.5. The standard InChI is InChI=1S/C15H32N4O3S2.HI/c1-14(2)4-9-22-10-5-17-15(16-3)18-6-13-24(20,21)19-7-11-23-12-8-19;/h14H,4-13H2,1-3H3,(H2,16,17,18);1H. The van der Waals surface area contributed by atoms with Crippen LogP contribution in [0.15, 0.2) is 4.99 Å². The highest BCUT2D eigenvalue weighted by Gasteiger charge is 2.23. The number of thioether (sulfide) groups is 1. The number of hydrogen-bond acceptors (Lipinski definition) is 5. The van der Waals surface area contributed by atoms with Gasteiger partial charge < -0.3 is 15.4 Å². The number of guanidine groups is 1. The summed E-state index contributed by atoms with van der Waals surface area (Å²) in [7, 11) is -1.51. The van der Waals surface area contributed by atoms with Crippen LogP contribution in [0.3, 0.4) is 0 Å². The number of nitrogens with one attached hydrogen (secondary N) is 2. The Kier molecular flexibility index (Phi) is 14.4. The summed E-state index contributed by atoms with van der Waals surface area (Å²) in [5.41, 5.74) is 0. The van der Waals surface area contributed by atoms with Gasteiger partial charge in [-0.2, -0.15) is 11.8 Å². The van der Waals surface area contributed by atoms with E-state index in [2.05, 4.69) is 29.5 Å². The maximum atomic E-state index is 12.2. The van der Waals surface area contributed by atoms with Gasteiger partial charge in [0.15, 0.2) is 5.96 Å². The molecule has 1 aliphatic rings. The molecule has 0 aromatic rings. The zero-order valence-corrected chi connectivity index (χ0v) is 19.5. The van der Waals surface area contributed by atoms with Gasteiger partial charge in [0.05, 0.1) is 12.4 Å². The third-order valence-electron chi connectivity index (χ3n) is 3.62. The number of nitrogens with zero attached hydrogens (tertiary/aromatic N) is 2. The van der Waals surface area contributed by atoms with Crippen LogP contribution in [0.25, 0.3) is 0 Å². The summed E-state index contributed by atoms with van der Waals surface area (Å²) in [5, 5.41) is 6.17. The molecule has 0 spiro atoms. The monoisotopic (exact) mass is 508 g/mol. The second-order valence-corrected chi connectivity index (χ2v) is 9.36. The van der Waals surface area contributed by atoms with E-state index < -0.39 is 10.0 Å². The van der Waals surface area contributed by atoms with Crippen LogP contribution in [0, 0.1) is 5.92 Å². The largest absolute Gasteiger partial charge is 0.380 e. The molecule has 7 nitrogen and oxygen atoms in total. The molecule has 1 rings (SSSR count). The molecule has 1 fully saturated rings. The topological polar surface area (TPSA) is 83.0 Å². The van der Waals surface area contributed by atoms with Gasteiger partial charge in [-0.1, -0.05) is 13.8 Å². The molecule has 0 saturated carbocycles. The molecule has 25 heavy (non-hydrogen) atoms. The SMILES string of the molecule is CN=C(NCCOCCC(C)C)NCCS(=O)(=O)N1CCSCC1.I. The summed E-state index contributed by atoms with van der Waals surface area (Å²) < 4.78 is 31.6. The van der Waals surface area contributed by atoms with E-state index >= 15 is 0 Å². The normalized spacial score (nSPS) is 16.6. The van der Waals surface area contributed by atoms with Gasteiger partial charge in [-0.05, 0) is 12.3 Å². The van der Waals surface area contributed by atoms with Crippen LogP contribution in [0.5, 0.6) is 0 Å². The fraction of sp³-hybridized carbons (Fsp3) is 0.933. The van der Waals surface area contributed by atoms with Gasteiger partial charge in [-0.15, -0.1) is 24.0 Å². The molecule has 1 saturated heterocycles. The fourth-order valence-corrected chi connectivity index (χ4v) is 4.63. The minimum Gasteiger partial charge on any atom is -0.380 e. The Morgan fingerprint density at radius 3 is 2.44 bits per heavy atom. The molecule has 0 aliphatic carbocycles. The molecule has 1 heterocycles. The summed E-state index contributed by atoms with van der Waals surface area (Å²) in [6, 6.07) is 0. The molecule has 0 unspecified atom stereocenters. The zero-order valence-electron chi connectivity index (χ0n) is 15.5. The number of ether oxygens (including phenoxy) is 1. The molecule has 0 aromatic heterocycles. The molecule has 0 amide bonds. The van der Waals surface area contributed by atoms with Crippen LogP contribution in [-0.2, 0) is 14.8 Å². The maximum absolute atomic E-state index is 12.2. The number of hydrogen-bond donors (Lipinski definition) is 2. The van der Waals surface area contributed by atoms with Crippen LogP contribution < -0.4 is 10.6 Å². The first kappa shape index (κ1) is 25.2. The molecule has 0 aromatic carbocycles. The Balaban J connectivity index is 0.00000576. The molecular formula is C15H33IN4O3S2. The van der Waals surface area contributed by atoms with E-state index in [1.807, 2.05) is 0 Å². The average molecular weight is 508 g/mol. The molecular weight excluding hydrogens is 475 g/mol. The average Bonchev–Trinajstić information content (AvgIpc) is 2.56. The number of aliphatic imine (C=N–C) groups is 1. The predicted octanol–water partition coefficient (Wildman–Crippen LogP) is 1.21. The Morgan fingerprint density at radius 2 is 1.84 bits per heavy atom. The van der Waals surface area contributed by atoms with Crippen molar-refractivity contribution in [1.82, 2.24) is 14.9 Å². The van der Waals surface area contributed by atoms with E-state index in [4.69, 9.17) is 4.74 Å². The van der Waals surface area contributed by atoms with Gasteiger partial charge >= 0.3 is 0 Å². The lowest BCUT2D eigenvalue weighted by molar-refractivity contribution is 0.128. The van der Waals surface area contributed by atoms with Crippen molar-refractivity contribution in [3.05, 3.63) is 0 Å². The van der Waals surface area contributed by atoms with Crippen molar-refractivity contribution in [1.29, 1.82) is 0 Å². The van der Waals surface area contributed by atoms with Crippen LogP contribution in [0.1, 0.15) is 20.3 Å². The highest BCUT2D eigenvalue weighted by molar-refractivity contribution is 14.0. The van der Waals surface area contributed by atoms with Crippen molar-refractivity contribution in [2.24, 2.45) is 10.9 Å².